The zero-order valence-corrected chi connectivity index (χ0v) is 20.1. The number of hydrogen-bond acceptors (Lipinski definition) is 4. The predicted octanol–water partition coefficient (Wildman–Crippen LogP) is 4.51. The van der Waals surface area contributed by atoms with Gasteiger partial charge < -0.3 is 10.2 Å². The van der Waals surface area contributed by atoms with Gasteiger partial charge in [0.25, 0.3) is 5.91 Å². The molecule has 1 fully saturated rings. The fourth-order valence-electron chi connectivity index (χ4n) is 4.21. The van der Waals surface area contributed by atoms with Gasteiger partial charge in [-0.05, 0) is 58.3 Å². The molecule has 8 heteroatoms. The number of aromatic nitrogens is 3. The summed E-state index contributed by atoms with van der Waals surface area (Å²) < 4.78 is 1.90. The lowest BCUT2D eigenvalue weighted by atomic mass is 10.0. The molecule has 3 aromatic rings. The Morgan fingerprint density at radius 3 is 2.68 bits per heavy atom. The Kier molecular flexibility index (Phi) is 8.46. The van der Waals surface area contributed by atoms with E-state index in [1.54, 1.807) is 6.20 Å². The number of carbonyl (C=O) groups excluding carboxylic acids is 1. The number of fused-ring (bicyclic) bond motifs is 1. The van der Waals surface area contributed by atoms with Gasteiger partial charge in [-0.25, -0.2) is 9.67 Å². The summed E-state index contributed by atoms with van der Waals surface area (Å²) >= 11 is 0. The second kappa shape index (κ2) is 10.4. The number of benzene rings is 1. The molecular weight excluding hydrogens is 433 g/mol. The van der Waals surface area contributed by atoms with Crippen LogP contribution in [0.15, 0.2) is 36.5 Å². The first kappa shape index (κ1) is 25.1. The molecule has 1 N–H and O–H groups in total. The van der Waals surface area contributed by atoms with Crippen LogP contribution in [-0.4, -0.2) is 52.3 Å². The molecule has 2 aromatic heterocycles. The molecule has 0 spiro atoms. The maximum Gasteiger partial charge on any atom is 0.254 e. The Labute approximate surface area is 196 Å². The SMILES string of the molecule is CNCC1CCN(C(=O)c2cc(-c3ccccc3C)nc3c2cnn3C(C)C)C1.Cl.Cl. The average Bonchev–Trinajstić information content (AvgIpc) is 3.34. The molecule has 31 heavy (non-hydrogen) atoms. The van der Waals surface area contributed by atoms with Gasteiger partial charge in [0, 0.05) is 24.7 Å². The van der Waals surface area contributed by atoms with Gasteiger partial charge in [0.15, 0.2) is 5.65 Å². The van der Waals surface area contributed by atoms with Gasteiger partial charge in [0.2, 0.25) is 0 Å². The number of likely N-dealkylation sites (tertiary alicyclic amines) is 1. The standard InChI is InChI=1S/C23H29N5O.2ClH/c1-15(2)28-22-20(13-25-28)19(23(29)27-10-9-17(14-27)12-24-4)11-21(26-22)18-8-6-5-7-16(18)3;;/h5-8,11,13,15,17,24H,9-10,12,14H2,1-4H3;2*1H. The Balaban J connectivity index is 0.00000171. The highest BCUT2D eigenvalue weighted by Gasteiger charge is 2.29. The average molecular weight is 464 g/mol. The lowest BCUT2D eigenvalue weighted by molar-refractivity contribution is 0.0789. The zero-order valence-electron chi connectivity index (χ0n) is 18.5. The van der Waals surface area contributed by atoms with Crippen molar-refractivity contribution in [1.29, 1.82) is 0 Å². The first-order chi connectivity index (χ1) is 14.0. The Morgan fingerprint density at radius 1 is 1.26 bits per heavy atom. The normalized spacial score (nSPS) is 15.8. The molecular formula is C23H31Cl2N5O. The number of nitrogens with one attached hydrogen (secondary N) is 1. The van der Waals surface area contributed by atoms with Crippen LogP contribution in [0.2, 0.25) is 0 Å². The molecule has 3 heterocycles. The van der Waals surface area contributed by atoms with Gasteiger partial charge in [-0.1, -0.05) is 24.3 Å². The van der Waals surface area contributed by atoms with E-state index in [9.17, 15) is 4.79 Å². The summed E-state index contributed by atoms with van der Waals surface area (Å²) in [5, 5.41) is 8.60. The number of amides is 1. The number of hydrogen-bond donors (Lipinski definition) is 1. The highest BCUT2D eigenvalue weighted by atomic mass is 35.5. The van der Waals surface area contributed by atoms with Crippen LogP contribution in [0.25, 0.3) is 22.3 Å². The van der Waals surface area contributed by atoms with Crippen LogP contribution in [0.1, 0.15) is 42.2 Å². The third-order valence-electron chi connectivity index (χ3n) is 5.77. The number of rotatable bonds is 5. The van der Waals surface area contributed by atoms with Crippen molar-refractivity contribution in [2.75, 3.05) is 26.7 Å². The van der Waals surface area contributed by atoms with Crippen molar-refractivity contribution in [3.05, 3.63) is 47.7 Å². The number of aryl methyl sites for hydroxylation is 1. The molecule has 1 aliphatic heterocycles. The molecule has 0 bridgehead atoms. The minimum atomic E-state index is 0. The zero-order chi connectivity index (χ0) is 20.5. The van der Waals surface area contributed by atoms with Gasteiger partial charge in [0.1, 0.15) is 0 Å². The van der Waals surface area contributed by atoms with Crippen molar-refractivity contribution in [3.8, 4) is 11.3 Å². The van der Waals surface area contributed by atoms with Crippen molar-refractivity contribution in [1.82, 2.24) is 25.0 Å². The Hall–Kier alpha value is -2.15. The van der Waals surface area contributed by atoms with Crippen LogP contribution in [0, 0.1) is 12.8 Å². The van der Waals surface area contributed by atoms with Crippen molar-refractivity contribution in [2.24, 2.45) is 5.92 Å². The van der Waals surface area contributed by atoms with E-state index >= 15 is 0 Å². The number of carbonyl (C=O) groups is 1. The highest BCUT2D eigenvalue weighted by molar-refractivity contribution is 6.06. The maximum atomic E-state index is 13.5. The summed E-state index contributed by atoms with van der Waals surface area (Å²) in [7, 11) is 1.96. The molecule has 1 amide bonds. The molecule has 1 aromatic carbocycles. The van der Waals surface area contributed by atoms with E-state index in [1.807, 2.05) is 34.8 Å². The number of pyridine rings is 1. The van der Waals surface area contributed by atoms with Crippen molar-refractivity contribution in [2.45, 2.75) is 33.2 Å². The van der Waals surface area contributed by atoms with E-state index in [1.165, 1.54) is 0 Å². The van der Waals surface area contributed by atoms with Crippen molar-refractivity contribution in [3.63, 3.8) is 0 Å². The first-order valence-corrected chi connectivity index (χ1v) is 10.4. The minimum Gasteiger partial charge on any atom is -0.338 e. The van der Waals surface area contributed by atoms with E-state index < -0.39 is 0 Å². The molecule has 168 valence electrons. The van der Waals surface area contributed by atoms with Gasteiger partial charge in [0.05, 0.1) is 22.8 Å². The molecule has 1 atom stereocenters. The van der Waals surface area contributed by atoms with Gasteiger partial charge in [-0.15, -0.1) is 24.8 Å². The topological polar surface area (TPSA) is 63.1 Å². The molecule has 1 aliphatic rings. The third kappa shape index (κ3) is 4.86. The molecule has 0 saturated carbocycles. The monoisotopic (exact) mass is 463 g/mol. The van der Waals surface area contributed by atoms with Crippen LogP contribution in [-0.2, 0) is 0 Å². The Morgan fingerprint density at radius 2 is 2.00 bits per heavy atom. The van der Waals surface area contributed by atoms with E-state index in [0.29, 0.717) is 11.5 Å². The molecule has 0 aliphatic carbocycles. The van der Waals surface area contributed by atoms with Crippen LogP contribution in [0.5, 0.6) is 0 Å². The second-order valence-electron chi connectivity index (χ2n) is 8.25. The van der Waals surface area contributed by atoms with Crippen molar-refractivity contribution >= 4 is 41.8 Å². The smallest absolute Gasteiger partial charge is 0.254 e. The largest absolute Gasteiger partial charge is 0.338 e. The lowest BCUT2D eigenvalue weighted by Gasteiger charge is -2.18. The Bertz CT molecular complexity index is 1050. The summed E-state index contributed by atoms with van der Waals surface area (Å²) in [5.74, 6) is 0.588. The summed E-state index contributed by atoms with van der Waals surface area (Å²) in [6.45, 7) is 8.77. The molecule has 0 radical (unpaired) electrons. The molecule has 1 unspecified atom stereocenters. The molecule has 1 saturated heterocycles. The van der Waals surface area contributed by atoms with E-state index in [-0.39, 0.29) is 36.8 Å². The summed E-state index contributed by atoms with van der Waals surface area (Å²) in [5.41, 5.74) is 4.49. The van der Waals surface area contributed by atoms with E-state index in [2.05, 4.69) is 43.3 Å². The lowest BCUT2D eigenvalue weighted by Crippen LogP contribution is -2.30. The molecule has 6 nitrogen and oxygen atoms in total. The third-order valence-corrected chi connectivity index (χ3v) is 5.77. The predicted molar refractivity (Wildman–Crippen MR) is 131 cm³/mol. The van der Waals surface area contributed by atoms with Crippen LogP contribution >= 0.6 is 24.8 Å². The van der Waals surface area contributed by atoms with Gasteiger partial charge in [-0.3, -0.25) is 4.79 Å². The minimum absolute atomic E-state index is 0. The molecule has 4 rings (SSSR count). The second-order valence-corrected chi connectivity index (χ2v) is 8.25. The summed E-state index contributed by atoms with van der Waals surface area (Å²) in [6.07, 6.45) is 2.83. The summed E-state index contributed by atoms with van der Waals surface area (Å²) in [4.78, 5) is 20.4. The van der Waals surface area contributed by atoms with Crippen LogP contribution in [0.4, 0.5) is 0 Å². The number of nitrogens with zero attached hydrogens (tertiary/aromatic N) is 4. The van der Waals surface area contributed by atoms with E-state index in [0.717, 1.165) is 53.9 Å². The fourth-order valence-corrected chi connectivity index (χ4v) is 4.21. The highest BCUT2D eigenvalue weighted by Crippen LogP contribution is 2.30. The maximum absolute atomic E-state index is 13.5. The van der Waals surface area contributed by atoms with Crippen LogP contribution in [0.3, 0.4) is 0 Å². The first-order valence-electron chi connectivity index (χ1n) is 10.4. The van der Waals surface area contributed by atoms with Gasteiger partial charge in [-0.2, -0.15) is 5.10 Å². The van der Waals surface area contributed by atoms with E-state index in [4.69, 9.17) is 4.98 Å². The summed E-state index contributed by atoms with van der Waals surface area (Å²) in [6, 6.07) is 10.3. The number of halogens is 2. The van der Waals surface area contributed by atoms with Crippen LogP contribution < -0.4 is 5.32 Å². The van der Waals surface area contributed by atoms with Crippen molar-refractivity contribution < 1.29 is 4.79 Å². The quantitative estimate of drug-likeness (QED) is 0.604. The fraction of sp³-hybridized carbons (Fsp3) is 0.435. The van der Waals surface area contributed by atoms with Gasteiger partial charge >= 0.3 is 0 Å².